The molecule has 0 radical (unpaired) electrons. The zero-order valence-corrected chi connectivity index (χ0v) is 14.3. The molecule has 1 aromatic heterocycles. The summed E-state index contributed by atoms with van der Waals surface area (Å²) in [6, 6.07) is 3.59. The van der Waals surface area contributed by atoms with E-state index in [1.807, 2.05) is 18.5 Å². The number of aromatic amines is 1. The van der Waals surface area contributed by atoms with Gasteiger partial charge in [-0.05, 0) is 18.1 Å². The number of benzene rings is 1. The van der Waals surface area contributed by atoms with Crippen molar-refractivity contribution < 1.29 is 9.47 Å². The van der Waals surface area contributed by atoms with Crippen LogP contribution in [-0.2, 0) is 11.3 Å². The highest BCUT2D eigenvalue weighted by atomic mass is 35.5. The van der Waals surface area contributed by atoms with Crippen molar-refractivity contribution in [3.63, 3.8) is 0 Å². The van der Waals surface area contributed by atoms with Crippen LogP contribution in [0.2, 0.25) is 10.0 Å². The molecule has 0 spiro atoms. The van der Waals surface area contributed by atoms with Crippen molar-refractivity contribution in [3.05, 3.63) is 45.7 Å². The molecule has 7 heteroatoms. The Morgan fingerprint density at radius 2 is 2.26 bits per heavy atom. The predicted molar refractivity (Wildman–Crippen MR) is 90.1 cm³/mol. The van der Waals surface area contributed by atoms with Crippen molar-refractivity contribution in [2.24, 2.45) is 5.92 Å². The van der Waals surface area contributed by atoms with Crippen LogP contribution in [0.15, 0.2) is 24.5 Å². The summed E-state index contributed by atoms with van der Waals surface area (Å²) >= 11 is 12.4. The van der Waals surface area contributed by atoms with Crippen LogP contribution in [0.1, 0.15) is 23.7 Å². The smallest absolute Gasteiger partial charge is 0.138 e. The zero-order valence-electron chi connectivity index (χ0n) is 12.8. The van der Waals surface area contributed by atoms with E-state index < -0.39 is 0 Å². The molecule has 1 saturated heterocycles. The van der Waals surface area contributed by atoms with Crippen molar-refractivity contribution in [2.45, 2.75) is 19.1 Å². The fourth-order valence-corrected chi connectivity index (χ4v) is 3.37. The molecule has 2 atom stereocenters. The topological polar surface area (TPSA) is 59.2 Å². The lowest BCUT2D eigenvalue weighted by Crippen LogP contribution is -2.24. The fourth-order valence-electron chi connectivity index (χ4n) is 2.88. The molecule has 2 aromatic rings. The van der Waals surface area contributed by atoms with Crippen LogP contribution in [0, 0.1) is 5.92 Å². The first kappa shape index (κ1) is 16.6. The third-order valence-electron chi connectivity index (χ3n) is 4.10. The maximum absolute atomic E-state index is 6.27. The van der Waals surface area contributed by atoms with E-state index in [4.69, 9.17) is 32.7 Å². The van der Waals surface area contributed by atoms with Crippen molar-refractivity contribution in [2.75, 3.05) is 20.3 Å². The number of hydrogen-bond donors (Lipinski definition) is 2. The summed E-state index contributed by atoms with van der Waals surface area (Å²) in [4.78, 5) is 0. The van der Waals surface area contributed by atoms with E-state index in [-0.39, 0.29) is 6.10 Å². The second-order valence-electron chi connectivity index (χ2n) is 5.58. The Labute approximate surface area is 145 Å². The lowest BCUT2D eigenvalue weighted by atomic mass is 9.97. The highest BCUT2D eigenvalue weighted by Crippen LogP contribution is 2.34. The van der Waals surface area contributed by atoms with Crippen LogP contribution in [0.25, 0.3) is 0 Å². The Morgan fingerprint density at radius 1 is 1.39 bits per heavy atom. The Morgan fingerprint density at radius 3 is 3.00 bits per heavy atom. The summed E-state index contributed by atoms with van der Waals surface area (Å²) in [7, 11) is 1.57. The number of hydrogen-bond acceptors (Lipinski definition) is 4. The zero-order chi connectivity index (χ0) is 16.2. The van der Waals surface area contributed by atoms with Gasteiger partial charge in [0.2, 0.25) is 0 Å². The van der Waals surface area contributed by atoms with Crippen LogP contribution in [-0.4, -0.2) is 30.5 Å². The average Bonchev–Trinajstić information content (AvgIpc) is 3.20. The molecule has 1 aliphatic rings. The lowest BCUT2D eigenvalue weighted by molar-refractivity contribution is 0.0905. The molecule has 0 amide bonds. The molecule has 1 aliphatic heterocycles. The second kappa shape index (κ2) is 7.53. The maximum atomic E-state index is 6.27. The molecule has 5 nitrogen and oxygen atoms in total. The molecule has 124 valence electrons. The third-order valence-corrected chi connectivity index (χ3v) is 4.75. The molecule has 3 rings (SSSR count). The minimum atomic E-state index is 0.0937. The van der Waals surface area contributed by atoms with Crippen LogP contribution in [0.4, 0.5) is 0 Å². The molecule has 2 N–H and O–H groups in total. The molecule has 0 saturated carbocycles. The number of ether oxygens (including phenoxy) is 2. The molecule has 0 bridgehead atoms. The van der Waals surface area contributed by atoms with Gasteiger partial charge in [0.15, 0.2) is 0 Å². The van der Waals surface area contributed by atoms with Gasteiger partial charge in [-0.1, -0.05) is 23.2 Å². The highest BCUT2D eigenvalue weighted by molar-refractivity contribution is 6.34. The second-order valence-corrected chi connectivity index (χ2v) is 6.40. The van der Waals surface area contributed by atoms with Crippen molar-refractivity contribution >= 4 is 23.2 Å². The quantitative estimate of drug-likeness (QED) is 0.831. The minimum Gasteiger partial charge on any atom is -0.495 e. The van der Waals surface area contributed by atoms with Crippen LogP contribution < -0.4 is 10.1 Å². The van der Waals surface area contributed by atoms with Gasteiger partial charge < -0.3 is 14.8 Å². The Kier molecular flexibility index (Phi) is 5.43. The molecule has 23 heavy (non-hydrogen) atoms. The van der Waals surface area contributed by atoms with Crippen LogP contribution >= 0.6 is 23.2 Å². The summed E-state index contributed by atoms with van der Waals surface area (Å²) in [5, 5.41) is 11.5. The first-order valence-electron chi connectivity index (χ1n) is 7.52. The first-order chi connectivity index (χ1) is 11.2. The van der Waals surface area contributed by atoms with E-state index in [0.29, 0.717) is 28.3 Å². The lowest BCUT2D eigenvalue weighted by Gasteiger charge is -2.18. The number of H-pyrrole nitrogens is 1. The van der Waals surface area contributed by atoms with Crippen LogP contribution in [0.3, 0.4) is 0 Å². The molecule has 1 aromatic carbocycles. The molecule has 1 fully saturated rings. The number of nitrogens with one attached hydrogen (secondary N) is 2. The number of methoxy groups -OCH3 is 1. The predicted octanol–water partition coefficient (Wildman–Crippen LogP) is 3.59. The minimum absolute atomic E-state index is 0.0937. The van der Waals surface area contributed by atoms with Gasteiger partial charge >= 0.3 is 0 Å². The van der Waals surface area contributed by atoms with E-state index >= 15 is 0 Å². The number of rotatable bonds is 6. The van der Waals surface area contributed by atoms with E-state index in [1.54, 1.807) is 13.2 Å². The SMILES string of the molecule is COc1cc(Cl)c(CNC[C@H]2CCO[C@@H]2c2cn[nH]c2)cc1Cl. The van der Waals surface area contributed by atoms with Crippen LogP contribution in [0.5, 0.6) is 5.75 Å². The standard InChI is InChI=1S/C16H19Cl2N3O2/c1-22-15-5-13(17)11(4-14(15)18)7-19-6-10-2-3-23-16(10)12-8-20-21-9-12/h4-5,8-10,16,19H,2-3,6-7H2,1H3,(H,20,21)/t10-,16+/m1/s1. The molecular formula is C16H19Cl2N3O2. The van der Waals surface area contributed by atoms with E-state index in [1.165, 1.54) is 0 Å². The monoisotopic (exact) mass is 355 g/mol. The third kappa shape index (κ3) is 3.80. The van der Waals surface area contributed by atoms with E-state index in [2.05, 4.69) is 15.5 Å². The van der Waals surface area contributed by atoms with E-state index in [9.17, 15) is 0 Å². The van der Waals surface area contributed by atoms with Gasteiger partial charge in [0.1, 0.15) is 5.75 Å². The number of nitrogens with zero attached hydrogens (tertiary/aromatic N) is 1. The number of halogens is 2. The Bertz CT molecular complexity index is 649. The Hall–Kier alpha value is -1.27. The van der Waals surface area contributed by atoms with Gasteiger partial charge in [-0.2, -0.15) is 5.10 Å². The van der Waals surface area contributed by atoms with Crippen molar-refractivity contribution in [1.29, 1.82) is 0 Å². The van der Waals surface area contributed by atoms with Gasteiger partial charge in [0, 0.05) is 48.5 Å². The van der Waals surface area contributed by atoms with Gasteiger partial charge in [0.05, 0.1) is 24.4 Å². The summed E-state index contributed by atoms with van der Waals surface area (Å²) in [5.41, 5.74) is 2.05. The van der Waals surface area contributed by atoms with Gasteiger partial charge in [-0.15, -0.1) is 0 Å². The first-order valence-corrected chi connectivity index (χ1v) is 8.27. The Balaban J connectivity index is 1.58. The van der Waals surface area contributed by atoms with Gasteiger partial charge in [0.25, 0.3) is 0 Å². The maximum Gasteiger partial charge on any atom is 0.138 e. The van der Waals surface area contributed by atoms with Gasteiger partial charge in [-0.25, -0.2) is 0 Å². The summed E-state index contributed by atoms with van der Waals surface area (Å²) < 4.78 is 11.0. The molecular weight excluding hydrogens is 337 g/mol. The summed E-state index contributed by atoms with van der Waals surface area (Å²) in [6.07, 6.45) is 4.84. The summed E-state index contributed by atoms with van der Waals surface area (Å²) in [6.45, 7) is 2.27. The number of aromatic nitrogens is 2. The van der Waals surface area contributed by atoms with E-state index in [0.717, 1.165) is 30.7 Å². The average molecular weight is 356 g/mol. The molecule has 0 unspecified atom stereocenters. The molecule has 0 aliphatic carbocycles. The van der Waals surface area contributed by atoms with Crippen molar-refractivity contribution in [1.82, 2.24) is 15.5 Å². The molecule has 2 heterocycles. The normalized spacial score (nSPS) is 20.8. The highest BCUT2D eigenvalue weighted by Gasteiger charge is 2.29. The van der Waals surface area contributed by atoms with Gasteiger partial charge in [-0.3, -0.25) is 5.10 Å². The fraction of sp³-hybridized carbons (Fsp3) is 0.438. The largest absolute Gasteiger partial charge is 0.495 e. The summed E-state index contributed by atoms with van der Waals surface area (Å²) in [5.74, 6) is 1.00. The van der Waals surface area contributed by atoms with Crippen molar-refractivity contribution in [3.8, 4) is 5.75 Å².